The van der Waals surface area contributed by atoms with E-state index in [1.165, 1.54) is 11.3 Å². The summed E-state index contributed by atoms with van der Waals surface area (Å²) in [6.07, 6.45) is 2.73. The van der Waals surface area contributed by atoms with Gasteiger partial charge in [0.2, 0.25) is 0 Å². The van der Waals surface area contributed by atoms with Crippen LogP contribution in [-0.4, -0.2) is 35.5 Å². The Kier molecular flexibility index (Phi) is 3.63. The monoisotopic (exact) mass is 280 g/mol. The fourth-order valence-corrected chi connectivity index (χ4v) is 3.13. The molecule has 5 nitrogen and oxygen atoms in total. The van der Waals surface area contributed by atoms with Gasteiger partial charge in [-0.2, -0.15) is 0 Å². The summed E-state index contributed by atoms with van der Waals surface area (Å²) in [5.74, 6) is 0. The molecule has 0 bridgehead atoms. The zero-order valence-electron chi connectivity index (χ0n) is 10.8. The van der Waals surface area contributed by atoms with Gasteiger partial charge in [-0.25, -0.2) is 4.98 Å². The Morgan fingerprint density at radius 1 is 1.63 bits per heavy atom. The average molecular weight is 280 g/mol. The Balaban J connectivity index is 1.70. The fraction of sp³-hybridized carbons (Fsp3) is 0.538. The predicted molar refractivity (Wildman–Crippen MR) is 73.8 cm³/mol. The summed E-state index contributed by atoms with van der Waals surface area (Å²) >= 11 is 1.46. The number of aryl methyl sites for hydroxylation is 1. The lowest BCUT2D eigenvalue weighted by atomic mass is 10.3. The molecule has 102 valence electrons. The maximum Gasteiger partial charge on any atom is 0.271 e. The smallest absolute Gasteiger partial charge is 0.271 e. The van der Waals surface area contributed by atoms with E-state index in [1.54, 1.807) is 10.9 Å². The maximum atomic E-state index is 12.2. The minimum Gasteiger partial charge on any atom is -0.379 e. The third-order valence-corrected chi connectivity index (χ3v) is 4.37. The van der Waals surface area contributed by atoms with Gasteiger partial charge < -0.3 is 9.47 Å². The summed E-state index contributed by atoms with van der Waals surface area (Å²) in [6.45, 7) is 4.46. The molecule has 1 aliphatic rings. The van der Waals surface area contributed by atoms with Crippen molar-refractivity contribution in [2.24, 2.45) is 0 Å². The predicted octanol–water partition coefficient (Wildman–Crippen LogP) is 1.57. The number of hydrogen-bond donors (Lipinski definition) is 0. The van der Waals surface area contributed by atoms with Crippen LogP contribution in [-0.2, 0) is 16.0 Å². The molecular formula is C13H16N2O3S. The zero-order chi connectivity index (χ0) is 13.2. The normalized spacial score (nSPS) is 19.3. The molecule has 2 aromatic rings. The molecule has 1 saturated heterocycles. The highest BCUT2D eigenvalue weighted by Crippen LogP contribution is 2.19. The molecular weight excluding hydrogens is 264 g/mol. The fourth-order valence-electron chi connectivity index (χ4n) is 2.18. The molecule has 0 aromatic carbocycles. The molecule has 2 aromatic heterocycles. The van der Waals surface area contributed by atoms with Crippen LogP contribution < -0.4 is 5.56 Å². The van der Waals surface area contributed by atoms with Gasteiger partial charge in [-0.1, -0.05) is 0 Å². The van der Waals surface area contributed by atoms with Crippen molar-refractivity contribution < 1.29 is 9.47 Å². The van der Waals surface area contributed by atoms with Gasteiger partial charge in [0.15, 0.2) is 0 Å². The van der Waals surface area contributed by atoms with Crippen molar-refractivity contribution in [2.45, 2.75) is 26.0 Å². The third kappa shape index (κ3) is 2.56. The minimum absolute atomic E-state index is 0.0226. The average Bonchev–Trinajstić information content (AvgIpc) is 3.03. The first-order valence-electron chi connectivity index (χ1n) is 6.38. The number of fused-ring (bicyclic) bond motifs is 1. The van der Waals surface area contributed by atoms with E-state index in [9.17, 15) is 4.79 Å². The summed E-state index contributed by atoms with van der Waals surface area (Å²) in [5.41, 5.74) is 1.90. The van der Waals surface area contributed by atoms with Gasteiger partial charge in [0, 0.05) is 6.61 Å². The van der Waals surface area contributed by atoms with Gasteiger partial charge in [-0.15, -0.1) is 11.3 Å². The van der Waals surface area contributed by atoms with Crippen molar-refractivity contribution in [1.29, 1.82) is 0 Å². The van der Waals surface area contributed by atoms with E-state index in [0.717, 1.165) is 28.8 Å². The van der Waals surface area contributed by atoms with Crippen LogP contribution in [0, 0.1) is 6.92 Å². The first-order chi connectivity index (χ1) is 9.25. The lowest BCUT2D eigenvalue weighted by Gasteiger charge is -2.10. The Morgan fingerprint density at radius 2 is 2.53 bits per heavy atom. The number of ether oxygens (including phenoxy) is 2. The molecule has 3 rings (SSSR count). The van der Waals surface area contributed by atoms with Gasteiger partial charge in [0.1, 0.15) is 4.70 Å². The summed E-state index contributed by atoms with van der Waals surface area (Å²) in [6, 6.07) is 0. The second-order valence-electron chi connectivity index (χ2n) is 4.70. The highest BCUT2D eigenvalue weighted by Gasteiger charge is 2.16. The molecule has 0 saturated carbocycles. The highest BCUT2D eigenvalue weighted by atomic mass is 32.1. The molecule has 3 heterocycles. The van der Waals surface area contributed by atoms with Gasteiger partial charge in [-0.05, 0) is 24.3 Å². The van der Waals surface area contributed by atoms with Crippen LogP contribution in [0.5, 0.6) is 0 Å². The molecule has 1 aliphatic heterocycles. The van der Waals surface area contributed by atoms with Crippen LogP contribution >= 0.6 is 11.3 Å². The van der Waals surface area contributed by atoms with Crippen LogP contribution in [0.15, 0.2) is 16.5 Å². The van der Waals surface area contributed by atoms with Crippen LogP contribution in [0.4, 0.5) is 0 Å². The van der Waals surface area contributed by atoms with E-state index in [4.69, 9.17) is 9.47 Å². The molecule has 0 amide bonds. The molecule has 1 atom stereocenters. The molecule has 6 heteroatoms. The molecule has 0 spiro atoms. The van der Waals surface area contributed by atoms with Crippen molar-refractivity contribution >= 4 is 21.6 Å². The summed E-state index contributed by atoms with van der Waals surface area (Å²) in [7, 11) is 0. The van der Waals surface area contributed by atoms with Crippen LogP contribution in [0.2, 0.25) is 0 Å². The van der Waals surface area contributed by atoms with Crippen LogP contribution in [0.25, 0.3) is 10.2 Å². The standard InChI is InChI=1S/C13H16N2O3S/c1-9-7-19-12-11(9)14-8-15(13(12)16)3-5-18-10-2-4-17-6-10/h7-8,10H,2-6H2,1H3. The van der Waals surface area contributed by atoms with Crippen molar-refractivity contribution in [3.63, 3.8) is 0 Å². The van der Waals surface area contributed by atoms with Gasteiger partial charge in [0.25, 0.3) is 5.56 Å². The van der Waals surface area contributed by atoms with Gasteiger partial charge in [0.05, 0.1) is 37.7 Å². The van der Waals surface area contributed by atoms with Gasteiger partial charge in [-0.3, -0.25) is 9.36 Å². The van der Waals surface area contributed by atoms with E-state index in [2.05, 4.69) is 4.98 Å². The number of rotatable bonds is 4. The van der Waals surface area contributed by atoms with E-state index in [0.29, 0.717) is 19.8 Å². The van der Waals surface area contributed by atoms with E-state index in [-0.39, 0.29) is 11.7 Å². The lowest BCUT2D eigenvalue weighted by molar-refractivity contribution is 0.0380. The third-order valence-electron chi connectivity index (χ3n) is 3.30. The van der Waals surface area contributed by atoms with Crippen molar-refractivity contribution in [2.75, 3.05) is 19.8 Å². The van der Waals surface area contributed by atoms with E-state index >= 15 is 0 Å². The van der Waals surface area contributed by atoms with E-state index in [1.807, 2.05) is 12.3 Å². The summed E-state index contributed by atoms with van der Waals surface area (Å²) in [4.78, 5) is 16.6. The quantitative estimate of drug-likeness (QED) is 0.853. The van der Waals surface area contributed by atoms with E-state index < -0.39 is 0 Å². The lowest BCUT2D eigenvalue weighted by Crippen LogP contribution is -2.24. The Labute approximate surface area is 114 Å². The maximum absolute atomic E-state index is 12.2. The second-order valence-corrected chi connectivity index (χ2v) is 5.58. The second kappa shape index (κ2) is 5.40. The molecule has 1 unspecified atom stereocenters. The summed E-state index contributed by atoms with van der Waals surface area (Å²) in [5, 5.41) is 1.97. The highest BCUT2D eigenvalue weighted by molar-refractivity contribution is 7.17. The minimum atomic E-state index is 0.0226. The number of thiophene rings is 1. The number of hydrogen-bond acceptors (Lipinski definition) is 5. The van der Waals surface area contributed by atoms with Crippen molar-refractivity contribution in [3.8, 4) is 0 Å². The zero-order valence-corrected chi connectivity index (χ0v) is 11.6. The largest absolute Gasteiger partial charge is 0.379 e. The van der Waals surface area contributed by atoms with Crippen LogP contribution in [0.3, 0.4) is 0 Å². The number of aromatic nitrogens is 2. The molecule has 0 N–H and O–H groups in total. The van der Waals surface area contributed by atoms with Crippen molar-refractivity contribution in [1.82, 2.24) is 9.55 Å². The van der Waals surface area contributed by atoms with Crippen LogP contribution in [0.1, 0.15) is 12.0 Å². The number of nitrogens with zero attached hydrogens (tertiary/aromatic N) is 2. The van der Waals surface area contributed by atoms with Gasteiger partial charge >= 0.3 is 0 Å². The first-order valence-corrected chi connectivity index (χ1v) is 7.26. The Bertz CT molecular complexity index is 628. The molecule has 1 fully saturated rings. The topological polar surface area (TPSA) is 53.4 Å². The Hall–Kier alpha value is -1.24. The first kappa shape index (κ1) is 12.8. The summed E-state index contributed by atoms with van der Waals surface area (Å²) < 4.78 is 13.3. The molecule has 0 radical (unpaired) electrons. The SMILES string of the molecule is Cc1csc2c(=O)n(CCOC3CCOC3)cnc12. The molecule has 19 heavy (non-hydrogen) atoms. The van der Waals surface area contributed by atoms with Crippen molar-refractivity contribution in [3.05, 3.63) is 27.6 Å². The Morgan fingerprint density at radius 3 is 3.32 bits per heavy atom. The molecule has 0 aliphatic carbocycles.